The van der Waals surface area contributed by atoms with E-state index in [9.17, 15) is 17.6 Å². The van der Waals surface area contributed by atoms with Crippen molar-refractivity contribution < 1.29 is 17.6 Å². The molecule has 2 heterocycles. The van der Waals surface area contributed by atoms with Crippen molar-refractivity contribution in [3.8, 4) is 11.4 Å². The second kappa shape index (κ2) is 4.40. The van der Waals surface area contributed by atoms with Crippen LogP contribution in [0.1, 0.15) is 5.56 Å². The minimum atomic E-state index is -4.79. The first-order chi connectivity index (χ1) is 9.88. The molecule has 21 heavy (non-hydrogen) atoms. The summed E-state index contributed by atoms with van der Waals surface area (Å²) in [5.74, 6) is -1.43. The van der Waals surface area contributed by atoms with Crippen LogP contribution >= 0.6 is 0 Å². The molecule has 1 aromatic carbocycles. The Morgan fingerprint density at radius 3 is 2.57 bits per heavy atom. The van der Waals surface area contributed by atoms with Gasteiger partial charge in [0.1, 0.15) is 23.5 Å². The molecule has 0 atom stereocenters. The number of fused-ring (bicyclic) bond motifs is 1. The van der Waals surface area contributed by atoms with Gasteiger partial charge < -0.3 is 10.7 Å². The van der Waals surface area contributed by atoms with Crippen molar-refractivity contribution >= 4 is 17.0 Å². The number of nitrogens with zero attached hydrogens (tertiary/aromatic N) is 3. The monoisotopic (exact) mass is 297 g/mol. The molecule has 0 aliphatic rings. The number of hydrogen-bond donors (Lipinski definition) is 2. The Bertz CT molecular complexity index is 824. The van der Waals surface area contributed by atoms with E-state index in [0.29, 0.717) is 6.07 Å². The third-order valence-electron chi connectivity index (χ3n) is 2.88. The van der Waals surface area contributed by atoms with Gasteiger partial charge in [0.2, 0.25) is 0 Å². The number of benzene rings is 1. The maximum Gasteiger partial charge on any atom is 0.419 e. The van der Waals surface area contributed by atoms with E-state index < -0.39 is 17.6 Å². The summed E-state index contributed by atoms with van der Waals surface area (Å²) < 4.78 is 52.1. The van der Waals surface area contributed by atoms with E-state index in [1.807, 2.05) is 0 Å². The summed E-state index contributed by atoms with van der Waals surface area (Å²) in [6.07, 6.45) is -3.63. The highest BCUT2D eigenvalue weighted by molar-refractivity contribution is 5.84. The van der Waals surface area contributed by atoms with Crippen molar-refractivity contribution in [2.75, 3.05) is 5.73 Å². The number of imidazole rings is 1. The summed E-state index contributed by atoms with van der Waals surface area (Å²) in [4.78, 5) is 14.1. The Balaban J connectivity index is 2.22. The maximum absolute atomic E-state index is 14.0. The fraction of sp³-hybridized carbons (Fsp3) is 0.0833. The molecule has 9 heteroatoms. The van der Waals surface area contributed by atoms with Gasteiger partial charge in [-0.3, -0.25) is 0 Å². The highest BCUT2D eigenvalue weighted by Crippen LogP contribution is 2.35. The van der Waals surface area contributed by atoms with Gasteiger partial charge in [-0.1, -0.05) is 6.07 Å². The highest BCUT2D eigenvalue weighted by atomic mass is 19.4. The number of rotatable bonds is 1. The molecule has 2 aromatic heterocycles. The van der Waals surface area contributed by atoms with Gasteiger partial charge in [-0.25, -0.2) is 19.3 Å². The number of hydrogen-bond acceptors (Lipinski definition) is 4. The summed E-state index contributed by atoms with van der Waals surface area (Å²) in [6.45, 7) is 0. The van der Waals surface area contributed by atoms with E-state index in [1.54, 1.807) is 0 Å². The van der Waals surface area contributed by atoms with Crippen molar-refractivity contribution in [3.05, 3.63) is 35.9 Å². The standard InChI is InChI=1S/C12H7F4N5/c13-7-5(2-1-3-6(7)12(14,15)16)10-20-8-9(17)18-4-19-11(8)21-10/h1-4H,(H3,17,18,19,20,21). The van der Waals surface area contributed by atoms with Gasteiger partial charge in [0.25, 0.3) is 0 Å². The normalized spacial score (nSPS) is 12.0. The van der Waals surface area contributed by atoms with Crippen LogP contribution in [-0.4, -0.2) is 19.9 Å². The van der Waals surface area contributed by atoms with E-state index in [1.165, 1.54) is 6.07 Å². The van der Waals surface area contributed by atoms with E-state index >= 15 is 0 Å². The zero-order valence-electron chi connectivity index (χ0n) is 10.2. The average molecular weight is 297 g/mol. The molecule has 0 amide bonds. The minimum Gasteiger partial charge on any atom is -0.382 e. The van der Waals surface area contributed by atoms with E-state index in [-0.39, 0.29) is 28.4 Å². The third kappa shape index (κ3) is 2.16. The summed E-state index contributed by atoms with van der Waals surface area (Å²) in [5.41, 5.74) is 4.30. The largest absolute Gasteiger partial charge is 0.419 e. The molecule has 0 bridgehead atoms. The molecule has 0 saturated heterocycles. The number of aromatic nitrogens is 4. The Morgan fingerprint density at radius 1 is 1.14 bits per heavy atom. The summed E-state index contributed by atoms with van der Waals surface area (Å²) >= 11 is 0. The predicted octanol–water partition coefficient (Wildman–Crippen LogP) is 2.76. The van der Waals surface area contributed by atoms with Gasteiger partial charge in [-0.05, 0) is 12.1 Å². The second-order valence-electron chi connectivity index (χ2n) is 4.21. The van der Waals surface area contributed by atoms with E-state index in [2.05, 4.69) is 19.9 Å². The number of halogens is 4. The molecule has 0 fully saturated rings. The van der Waals surface area contributed by atoms with Crippen LogP contribution < -0.4 is 5.73 Å². The molecule has 0 spiro atoms. The van der Waals surface area contributed by atoms with Gasteiger partial charge in [-0.15, -0.1) is 0 Å². The summed E-state index contributed by atoms with van der Waals surface area (Å²) in [6, 6.07) is 2.95. The van der Waals surface area contributed by atoms with Crippen molar-refractivity contribution in [3.63, 3.8) is 0 Å². The number of nitrogens with one attached hydrogen (secondary N) is 1. The highest BCUT2D eigenvalue weighted by Gasteiger charge is 2.35. The van der Waals surface area contributed by atoms with Gasteiger partial charge in [0, 0.05) is 0 Å². The van der Waals surface area contributed by atoms with Crippen LogP contribution in [0.5, 0.6) is 0 Å². The molecule has 0 saturated carbocycles. The Kier molecular flexibility index (Phi) is 2.78. The van der Waals surface area contributed by atoms with Crippen molar-refractivity contribution in [2.24, 2.45) is 0 Å². The lowest BCUT2D eigenvalue weighted by molar-refractivity contribution is -0.139. The van der Waals surface area contributed by atoms with Crippen LogP contribution in [-0.2, 0) is 6.18 Å². The molecule has 5 nitrogen and oxygen atoms in total. The third-order valence-corrected chi connectivity index (χ3v) is 2.88. The molecule has 0 aliphatic heterocycles. The van der Waals surface area contributed by atoms with Crippen molar-refractivity contribution in [1.29, 1.82) is 0 Å². The first-order valence-corrected chi connectivity index (χ1v) is 5.70. The first-order valence-electron chi connectivity index (χ1n) is 5.70. The molecular formula is C12H7F4N5. The lowest BCUT2D eigenvalue weighted by Gasteiger charge is -2.09. The molecule has 3 rings (SSSR count). The molecule has 3 N–H and O–H groups in total. The summed E-state index contributed by atoms with van der Waals surface area (Å²) in [5, 5.41) is 0. The van der Waals surface area contributed by atoms with E-state index in [4.69, 9.17) is 5.73 Å². The molecule has 0 radical (unpaired) electrons. The van der Waals surface area contributed by atoms with Gasteiger partial charge >= 0.3 is 6.18 Å². The molecule has 0 unspecified atom stereocenters. The smallest absolute Gasteiger partial charge is 0.382 e. The molecular weight excluding hydrogens is 290 g/mol. The fourth-order valence-corrected chi connectivity index (χ4v) is 1.91. The van der Waals surface area contributed by atoms with Crippen LogP contribution in [0.4, 0.5) is 23.4 Å². The fourth-order valence-electron chi connectivity index (χ4n) is 1.91. The Labute approximate surface area is 114 Å². The Morgan fingerprint density at radius 2 is 1.90 bits per heavy atom. The second-order valence-corrected chi connectivity index (χ2v) is 4.21. The topological polar surface area (TPSA) is 80.5 Å². The van der Waals surface area contributed by atoms with Crippen LogP contribution in [0, 0.1) is 5.82 Å². The van der Waals surface area contributed by atoms with Crippen LogP contribution in [0.3, 0.4) is 0 Å². The number of nitrogens with two attached hydrogens (primary N) is 1. The van der Waals surface area contributed by atoms with Crippen molar-refractivity contribution in [1.82, 2.24) is 19.9 Å². The zero-order chi connectivity index (χ0) is 15.2. The van der Waals surface area contributed by atoms with Gasteiger partial charge in [-0.2, -0.15) is 13.2 Å². The maximum atomic E-state index is 14.0. The number of aromatic amines is 1. The lowest BCUT2D eigenvalue weighted by atomic mass is 10.1. The van der Waals surface area contributed by atoms with Crippen LogP contribution in [0.2, 0.25) is 0 Å². The Hall–Kier alpha value is -2.71. The SMILES string of the molecule is Nc1ncnc2nc(-c3cccc(C(F)(F)F)c3F)[nH]c12. The average Bonchev–Trinajstić information content (AvgIpc) is 2.83. The van der Waals surface area contributed by atoms with Crippen LogP contribution in [0.25, 0.3) is 22.6 Å². The van der Waals surface area contributed by atoms with Crippen LogP contribution in [0.15, 0.2) is 24.5 Å². The quantitative estimate of drug-likeness (QED) is 0.677. The minimum absolute atomic E-state index is 0.0751. The first kappa shape index (κ1) is 13.3. The van der Waals surface area contributed by atoms with Gasteiger partial charge in [0.15, 0.2) is 11.5 Å². The number of H-pyrrole nitrogens is 1. The summed E-state index contributed by atoms with van der Waals surface area (Å²) in [7, 11) is 0. The molecule has 0 aliphatic carbocycles. The lowest BCUT2D eigenvalue weighted by Crippen LogP contribution is -2.08. The number of alkyl halides is 3. The predicted molar refractivity (Wildman–Crippen MR) is 66.5 cm³/mol. The van der Waals surface area contributed by atoms with E-state index in [0.717, 1.165) is 12.4 Å². The number of anilines is 1. The van der Waals surface area contributed by atoms with Gasteiger partial charge in [0.05, 0.1) is 11.1 Å². The van der Waals surface area contributed by atoms with Crippen molar-refractivity contribution in [2.45, 2.75) is 6.18 Å². The number of nitrogen functional groups attached to an aromatic ring is 1. The zero-order valence-corrected chi connectivity index (χ0v) is 10.2. The molecule has 108 valence electrons. The molecule has 3 aromatic rings.